The van der Waals surface area contributed by atoms with Crippen LogP contribution in [0.5, 0.6) is 6.01 Å². The number of nitrogen functional groups attached to an aromatic ring is 1. The Balaban J connectivity index is 2.04. The number of methoxy groups -OCH3 is 1. The van der Waals surface area contributed by atoms with Gasteiger partial charge >= 0.3 is 6.01 Å². The van der Waals surface area contributed by atoms with Gasteiger partial charge in [-0.1, -0.05) is 0 Å². The number of nitrogens with two attached hydrogens (primary N) is 1. The molecular weight excluding hydrogens is 258 g/mol. The summed E-state index contributed by atoms with van der Waals surface area (Å²) < 4.78 is 8.34. The van der Waals surface area contributed by atoms with Crippen LogP contribution in [0.3, 0.4) is 0 Å². The van der Waals surface area contributed by atoms with Crippen LogP contribution in [0, 0.1) is 13.8 Å². The number of carbonyl (C=O) groups excluding carboxylic acids is 1. The molecule has 106 valence electrons. The molecule has 7 heteroatoms. The van der Waals surface area contributed by atoms with E-state index in [1.807, 2.05) is 19.9 Å². The quantitative estimate of drug-likeness (QED) is 0.912. The van der Waals surface area contributed by atoms with Gasteiger partial charge in [0.05, 0.1) is 12.7 Å². The Labute approximate surface area is 116 Å². The van der Waals surface area contributed by atoms with Gasteiger partial charge in [0, 0.05) is 17.4 Å². The summed E-state index contributed by atoms with van der Waals surface area (Å²) in [4.78, 5) is 16.4. The van der Waals surface area contributed by atoms with Crippen molar-refractivity contribution >= 4 is 11.9 Å². The Morgan fingerprint density at radius 3 is 2.75 bits per heavy atom. The Hall–Kier alpha value is -2.31. The lowest BCUT2D eigenvalue weighted by Crippen LogP contribution is -2.16. The SMILES string of the molecule is COc1nc(N)nn1C(=O)c1cc(C)n(C2CC2)c1C. The molecule has 0 spiro atoms. The highest BCUT2D eigenvalue weighted by Gasteiger charge is 2.29. The fourth-order valence-corrected chi connectivity index (χ4v) is 2.58. The zero-order chi connectivity index (χ0) is 14.4. The van der Waals surface area contributed by atoms with Gasteiger partial charge in [0.25, 0.3) is 5.91 Å². The van der Waals surface area contributed by atoms with Crippen molar-refractivity contribution in [3.63, 3.8) is 0 Å². The maximum absolute atomic E-state index is 12.6. The third-order valence-corrected chi connectivity index (χ3v) is 3.60. The van der Waals surface area contributed by atoms with E-state index in [-0.39, 0.29) is 17.9 Å². The van der Waals surface area contributed by atoms with E-state index in [0.717, 1.165) is 16.1 Å². The molecule has 3 rings (SSSR count). The maximum Gasteiger partial charge on any atom is 0.324 e. The van der Waals surface area contributed by atoms with E-state index >= 15 is 0 Å². The van der Waals surface area contributed by atoms with Crippen molar-refractivity contribution in [3.05, 3.63) is 23.0 Å². The first kappa shape index (κ1) is 12.7. The zero-order valence-corrected chi connectivity index (χ0v) is 11.8. The third-order valence-electron chi connectivity index (χ3n) is 3.60. The van der Waals surface area contributed by atoms with Crippen LogP contribution in [-0.4, -0.2) is 32.3 Å². The van der Waals surface area contributed by atoms with Crippen molar-refractivity contribution in [2.75, 3.05) is 12.8 Å². The molecule has 20 heavy (non-hydrogen) atoms. The fourth-order valence-electron chi connectivity index (χ4n) is 2.58. The van der Waals surface area contributed by atoms with Crippen LogP contribution < -0.4 is 10.5 Å². The minimum Gasteiger partial charge on any atom is -0.467 e. The van der Waals surface area contributed by atoms with Crippen LogP contribution in [0.4, 0.5) is 5.95 Å². The molecule has 2 aromatic rings. The summed E-state index contributed by atoms with van der Waals surface area (Å²) in [6, 6.07) is 2.51. The molecular formula is C13H17N5O2. The van der Waals surface area contributed by atoms with Crippen molar-refractivity contribution in [1.29, 1.82) is 0 Å². The average Bonchev–Trinajstić information content (AvgIpc) is 3.10. The molecule has 0 bridgehead atoms. The van der Waals surface area contributed by atoms with E-state index in [4.69, 9.17) is 10.5 Å². The van der Waals surface area contributed by atoms with E-state index in [2.05, 4.69) is 14.6 Å². The number of anilines is 1. The number of aromatic nitrogens is 4. The molecule has 1 aliphatic carbocycles. The molecule has 1 aliphatic rings. The van der Waals surface area contributed by atoms with Crippen LogP contribution in [0.15, 0.2) is 6.07 Å². The van der Waals surface area contributed by atoms with E-state index in [1.54, 1.807) is 0 Å². The predicted octanol–water partition coefficient (Wildman–Crippen LogP) is 1.31. The second-order valence-electron chi connectivity index (χ2n) is 5.06. The van der Waals surface area contributed by atoms with Gasteiger partial charge in [-0.25, -0.2) is 0 Å². The first-order valence-electron chi connectivity index (χ1n) is 6.52. The number of carbonyl (C=O) groups is 1. The van der Waals surface area contributed by atoms with E-state index in [9.17, 15) is 4.79 Å². The predicted molar refractivity (Wildman–Crippen MR) is 72.9 cm³/mol. The Bertz CT molecular complexity index is 681. The molecule has 2 heterocycles. The minimum atomic E-state index is -0.272. The highest BCUT2D eigenvalue weighted by molar-refractivity contribution is 5.97. The van der Waals surface area contributed by atoms with Gasteiger partial charge in [-0.15, -0.1) is 9.78 Å². The van der Waals surface area contributed by atoms with Crippen LogP contribution in [0.2, 0.25) is 0 Å². The molecule has 1 fully saturated rings. The van der Waals surface area contributed by atoms with Gasteiger partial charge in [0.1, 0.15) is 0 Å². The number of hydrogen-bond donors (Lipinski definition) is 1. The standard InChI is InChI=1S/C13H17N5O2/c1-7-6-10(8(2)17(7)9-4-5-9)11(19)18-13(20-3)15-12(14)16-18/h6,9H,4-5H2,1-3H3,(H2,14,16). The van der Waals surface area contributed by atoms with Gasteiger partial charge in [0.2, 0.25) is 5.95 Å². The first-order valence-corrected chi connectivity index (χ1v) is 6.52. The molecule has 0 radical (unpaired) electrons. The third kappa shape index (κ3) is 1.86. The Morgan fingerprint density at radius 1 is 1.45 bits per heavy atom. The minimum absolute atomic E-state index is 0.0196. The lowest BCUT2D eigenvalue weighted by atomic mass is 10.2. The number of nitrogens with zero attached hydrogens (tertiary/aromatic N) is 4. The second-order valence-corrected chi connectivity index (χ2v) is 5.06. The summed E-state index contributed by atoms with van der Waals surface area (Å²) in [7, 11) is 1.43. The van der Waals surface area contributed by atoms with E-state index < -0.39 is 0 Å². The Kier molecular flexibility index (Phi) is 2.77. The lowest BCUT2D eigenvalue weighted by molar-refractivity contribution is 0.0932. The molecule has 1 saturated carbocycles. The smallest absolute Gasteiger partial charge is 0.324 e. The van der Waals surface area contributed by atoms with Crippen LogP contribution in [0.25, 0.3) is 0 Å². The van der Waals surface area contributed by atoms with Crippen molar-refractivity contribution in [2.24, 2.45) is 0 Å². The summed E-state index contributed by atoms with van der Waals surface area (Å²) in [6.45, 7) is 3.96. The highest BCUT2D eigenvalue weighted by Crippen LogP contribution is 2.38. The topological polar surface area (TPSA) is 88.0 Å². The molecule has 2 aromatic heterocycles. The highest BCUT2D eigenvalue weighted by atomic mass is 16.5. The average molecular weight is 275 g/mol. The maximum atomic E-state index is 12.6. The molecule has 7 nitrogen and oxygen atoms in total. The molecule has 0 aliphatic heterocycles. The Morgan fingerprint density at radius 2 is 2.15 bits per heavy atom. The summed E-state index contributed by atoms with van der Waals surface area (Å²) in [5.41, 5.74) is 8.16. The largest absolute Gasteiger partial charge is 0.467 e. The van der Waals surface area contributed by atoms with Crippen molar-refractivity contribution in [3.8, 4) is 6.01 Å². The first-order chi connectivity index (χ1) is 9.52. The van der Waals surface area contributed by atoms with Gasteiger partial charge in [-0.2, -0.15) is 4.98 Å². The summed E-state index contributed by atoms with van der Waals surface area (Å²) in [5.74, 6) is -0.253. The van der Waals surface area contributed by atoms with Crippen molar-refractivity contribution in [2.45, 2.75) is 32.7 Å². The number of hydrogen-bond acceptors (Lipinski definition) is 5. The second kappa shape index (κ2) is 4.36. The zero-order valence-electron chi connectivity index (χ0n) is 11.8. The lowest BCUT2D eigenvalue weighted by Gasteiger charge is -2.07. The van der Waals surface area contributed by atoms with E-state index in [1.165, 1.54) is 20.0 Å². The monoisotopic (exact) mass is 275 g/mol. The van der Waals surface area contributed by atoms with Gasteiger partial charge in [-0.3, -0.25) is 4.79 Å². The number of ether oxygens (including phenoxy) is 1. The molecule has 0 amide bonds. The number of rotatable bonds is 3. The molecule has 2 N–H and O–H groups in total. The molecule has 0 saturated heterocycles. The van der Waals surface area contributed by atoms with Crippen LogP contribution >= 0.6 is 0 Å². The summed E-state index contributed by atoms with van der Waals surface area (Å²) in [6.07, 6.45) is 2.34. The van der Waals surface area contributed by atoms with Gasteiger partial charge < -0.3 is 15.0 Å². The number of aryl methyl sites for hydroxylation is 1. The van der Waals surface area contributed by atoms with Crippen LogP contribution in [0.1, 0.15) is 40.6 Å². The molecule has 0 atom stereocenters. The van der Waals surface area contributed by atoms with Crippen LogP contribution in [-0.2, 0) is 0 Å². The molecule has 0 unspecified atom stereocenters. The summed E-state index contributed by atoms with van der Waals surface area (Å²) >= 11 is 0. The normalized spacial score (nSPS) is 14.6. The van der Waals surface area contributed by atoms with Gasteiger partial charge in [-0.05, 0) is 32.8 Å². The van der Waals surface area contributed by atoms with Gasteiger partial charge in [0.15, 0.2) is 0 Å². The fraction of sp³-hybridized carbons (Fsp3) is 0.462. The van der Waals surface area contributed by atoms with Crippen molar-refractivity contribution < 1.29 is 9.53 Å². The van der Waals surface area contributed by atoms with Crippen molar-refractivity contribution in [1.82, 2.24) is 19.3 Å². The summed E-state index contributed by atoms with van der Waals surface area (Å²) in [5, 5.41) is 3.90. The van der Waals surface area contributed by atoms with E-state index in [0.29, 0.717) is 11.6 Å². The molecule has 0 aromatic carbocycles.